The summed E-state index contributed by atoms with van der Waals surface area (Å²) in [5.41, 5.74) is 3.75. The molecule has 2 heterocycles. The first kappa shape index (κ1) is 22.9. The van der Waals surface area contributed by atoms with Gasteiger partial charge in [-0.15, -0.1) is 11.3 Å². The van der Waals surface area contributed by atoms with E-state index in [0.717, 1.165) is 47.3 Å². The van der Waals surface area contributed by atoms with E-state index >= 15 is 0 Å². The molecule has 1 saturated heterocycles. The number of quaternary nitrogens is 1. The van der Waals surface area contributed by atoms with Gasteiger partial charge >= 0.3 is 0 Å². The standard InChI is InChI=1S/C23H28N4O3S2/c1-16-7-8-18(13-17(16)2)32(29,30)27-11-9-26(10-12-27)15-22(28)25-23-20(14-24)19-5-3-4-6-21(19)31-23/h7-8,13H,3-6,9-12,15H2,1-2H3,(H,25,28)/p+1. The predicted octanol–water partition coefficient (Wildman–Crippen LogP) is 1.64. The van der Waals surface area contributed by atoms with E-state index < -0.39 is 10.0 Å². The fourth-order valence-corrected chi connectivity index (χ4v) is 7.20. The maximum Gasteiger partial charge on any atom is 0.280 e. The Morgan fingerprint density at radius 2 is 1.91 bits per heavy atom. The zero-order valence-electron chi connectivity index (χ0n) is 18.5. The van der Waals surface area contributed by atoms with Crippen molar-refractivity contribution < 1.29 is 18.1 Å². The molecule has 0 unspecified atom stereocenters. The molecule has 1 aromatic heterocycles. The number of fused-ring (bicyclic) bond motifs is 1. The van der Waals surface area contributed by atoms with E-state index in [0.29, 0.717) is 41.6 Å². The number of carbonyl (C=O) groups is 1. The second-order valence-electron chi connectivity index (χ2n) is 8.65. The molecular weight excluding hydrogens is 444 g/mol. The number of hydrogen-bond acceptors (Lipinski definition) is 5. The average molecular weight is 474 g/mol. The maximum atomic E-state index is 13.0. The summed E-state index contributed by atoms with van der Waals surface area (Å²) >= 11 is 1.53. The number of anilines is 1. The van der Waals surface area contributed by atoms with E-state index in [9.17, 15) is 18.5 Å². The zero-order chi connectivity index (χ0) is 22.9. The van der Waals surface area contributed by atoms with E-state index in [-0.39, 0.29) is 12.5 Å². The van der Waals surface area contributed by atoms with Crippen LogP contribution in [-0.4, -0.2) is 51.4 Å². The van der Waals surface area contributed by atoms with Crippen LogP contribution >= 0.6 is 11.3 Å². The van der Waals surface area contributed by atoms with E-state index in [2.05, 4.69) is 11.4 Å². The SMILES string of the molecule is Cc1ccc(S(=O)(=O)N2CC[NH+](CC(=O)Nc3sc4c(c3C#N)CCCC4)CC2)cc1C. The monoisotopic (exact) mass is 473 g/mol. The molecule has 2 aliphatic rings. The highest BCUT2D eigenvalue weighted by Crippen LogP contribution is 2.37. The van der Waals surface area contributed by atoms with Crippen LogP contribution in [0.4, 0.5) is 5.00 Å². The second-order valence-corrected chi connectivity index (χ2v) is 11.7. The van der Waals surface area contributed by atoms with Crippen molar-refractivity contribution in [1.29, 1.82) is 5.26 Å². The predicted molar refractivity (Wildman–Crippen MR) is 125 cm³/mol. The Balaban J connectivity index is 1.35. The lowest BCUT2D eigenvalue weighted by molar-refractivity contribution is -0.895. The first-order chi connectivity index (χ1) is 15.3. The molecule has 0 bridgehead atoms. The Morgan fingerprint density at radius 3 is 2.59 bits per heavy atom. The number of aryl methyl sites for hydroxylation is 3. The van der Waals surface area contributed by atoms with Gasteiger partial charge in [-0.2, -0.15) is 9.57 Å². The number of nitrogens with zero attached hydrogens (tertiary/aromatic N) is 2. The van der Waals surface area contributed by atoms with Gasteiger partial charge < -0.3 is 10.2 Å². The van der Waals surface area contributed by atoms with Crippen molar-refractivity contribution in [3.05, 3.63) is 45.3 Å². The summed E-state index contributed by atoms with van der Waals surface area (Å²) in [6, 6.07) is 7.50. The topological polar surface area (TPSA) is 94.7 Å². The molecule has 170 valence electrons. The van der Waals surface area contributed by atoms with Crippen LogP contribution in [0.5, 0.6) is 0 Å². The zero-order valence-corrected chi connectivity index (χ0v) is 20.2. The summed E-state index contributed by atoms with van der Waals surface area (Å²) in [5, 5.41) is 13.2. The number of piperazine rings is 1. The minimum Gasteiger partial charge on any atom is -0.325 e. The van der Waals surface area contributed by atoms with Crippen molar-refractivity contribution in [2.24, 2.45) is 0 Å². The smallest absolute Gasteiger partial charge is 0.280 e. The molecule has 0 saturated carbocycles. The normalized spacial score (nSPS) is 17.5. The van der Waals surface area contributed by atoms with Crippen molar-refractivity contribution in [3.63, 3.8) is 0 Å². The van der Waals surface area contributed by atoms with Gasteiger partial charge in [0.05, 0.1) is 36.6 Å². The third kappa shape index (κ3) is 4.59. The fraction of sp³-hybridized carbons (Fsp3) is 0.478. The molecule has 2 aromatic rings. The summed E-state index contributed by atoms with van der Waals surface area (Å²) in [6.45, 7) is 6.06. The highest BCUT2D eigenvalue weighted by atomic mass is 32.2. The Hall–Kier alpha value is -2.25. The van der Waals surface area contributed by atoms with Crippen LogP contribution in [0.1, 0.15) is 40.0 Å². The van der Waals surface area contributed by atoms with Crippen LogP contribution in [0.15, 0.2) is 23.1 Å². The summed E-state index contributed by atoms with van der Waals surface area (Å²) < 4.78 is 27.5. The van der Waals surface area contributed by atoms with E-state index in [1.54, 1.807) is 12.1 Å². The number of thiophene rings is 1. The lowest BCUT2D eigenvalue weighted by Crippen LogP contribution is -3.15. The number of amides is 1. The van der Waals surface area contributed by atoms with Gasteiger partial charge in [0.2, 0.25) is 10.0 Å². The molecule has 1 aliphatic carbocycles. The minimum atomic E-state index is -3.53. The molecular formula is C23H29N4O3S2+. The van der Waals surface area contributed by atoms with Crippen LogP contribution in [0.25, 0.3) is 0 Å². The van der Waals surface area contributed by atoms with Crippen LogP contribution < -0.4 is 10.2 Å². The molecule has 0 atom stereocenters. The van der Waals surface area contributed by atoms with Crippen molar-refractivity contribution in [2.45, 2.75) is 44.4 Å². The highest BCUT2D eigenvalue weighted by Gasteiger charge is 2.31. The van der Waals surface area contributed by atoms with Crippen LogP contribution in [0.2, 0.25) is 0 Å². The van der Waals surface area contributed by atoms with Gasteiger partial charge in [0.15, 0.2) is 6.54 Å². The molecule has 9 heteroatoms. The quantitative estimate of drug-likeness (QED) is 0.690. The van der Waals surface area contributed by atoms with Crippen molar-refractivity contribution in [2.75, 3.05) is 38.0 Å². The molecule has 1 fully saturated rings. The average Bonchev–Trinajstić information content (AvgIpc) is 3.12. The molecule has 7 nitrogen and oxygen atoms in total. The van der Waals surface area contributed by atoms with E-state index in [1.165, 1.54) is 20.5 Å². The molecule has 1 amide bonds. The molecule has 0 radical (unpaired) electrons. The Morgan fingerprint density at radius 1 is 1.19 bits per heavy atom. The molecule has 1 aliphatic heterocycles. The van der Waals surface area contributed by atoms with Crippen molar-refractivity contribution >= 4 is 32.3 Å². The lowest BCUT2D eigenvalue weighted by atomic mass is 9.96. The van der Waals surface area contributed by atoms with Gasteiger partial charge in [-0.1, -0.05) is 6.07 Å². The van der Waals surface area contributed by atoms with Crippen LogP contribution in [0, 0.1) is 25.2 Å². The largest absolute Gasteiger partial charge is 0.325 e. The number of nitriles is 1. The van der Waals surface area contributed by atoms with Gasteiger partial charge in [-0.05, 0) is 68.4 Å². The highest BCUT2D eigenvalue weighted by molar-refractivity contribution is 7.89. The Bertz CT molecular complexity index is 1170. The molecule has 32 heavy (non-hydrogen) atoms. The van der Waals surface area contributed by atoms with Gasteiger partial charge in [0.1, 0.15) is 11.1 Å². The molecule has 4 rings (SSSR count). The Labute approximate surface area is 193 Å². The maximum absolute atomic E-state index is 13.0. The third-order valence-corrected chi connectivity index (χ3v) is 9.59. The van der Waals surface area contributed by atoms with Gasteiger partial charge in [0.25, 0.3) is 5.91 Å². The molecule has 0 spiro atoms. The number of hydrogen-bond donors (Lipinski definition) is 2. The summed E-state index contributed by atoms with van der Waals surface area (Å²) in [5.74, 6) is -0.124. The summed E-state index contributed by atoms with van der Waals surface area (Å²) in [7, 11) is -3.53. The molecule has 2 N–H and O–H groups in total. The lowest BCUT2D eigenvalue weighted by Gasteiger charge is -2.31. The minimum absolute atomic E-state index is 0.124. The first-order valence-corrected chi connectivity index (χ1v) is 13.3. The number of carbonyl (C=O) groups excluding carboxylic acids is 1. The van der Waals surface area contributed by atoms with Crippen molar-refractivity contribution in [1.82, 2.24) is 4.31 Å². The van der Waals surface area contributed by atoms with Gasteiger partial charge in [-0.3, -0.25) is 4.79 Å². The Kier molecular flexibility index (Phi) is 6.67. The van der Waals surface area contributed by atoms with Crippen LogP contribution in [-0.2, 0) is 27.7 Å². The van der Waals surface area contributed by atoms with Gasteiger partial charge in [-0.25, -0.2) is 8.42 Å². The second kappa shape index (κ2) is 9.32. The van der Waals surface area contributed by atoms with E-state index in [4.69, 9.17) is 0 Å². The molecule has 1 aromatic carbocycles. The van der Waals surface area contributed by atoms with Crippen LogP contribution in [0.3, 0.4) is 0 Å². The number of sulfonamides is 1. The third-order valence-electron chi connectivity index (χ3n) is 6.49. The number of rotatable bonds is 5. The number of nitrogens with one attached hydrogen (secondary N) is 2. The first-order valence-electron chi connectivity index (χ1n) is 11.0. The summed E-state index contributed by atoms with van der Waals surface area (Å²) in [4.78, 5) is 15.3. The number of benzene rings is 1. The van der Waals surface area contributed by atoms with E-state index in [1.807, 2.05) is 19.9 Å². The van der Waals surface area contributed by atoms with Gasteiger partial charge in [0, 0.05) is 4.88 Å². The summed E-state index contributed by atoms with van der Waals surface area (Å²) in [6.07, 6.45) is 4.11. The van der Waals surface area contributed by atoms with Crippen molar-refractivity contribution in [3.8, 4) is 6.07 Å². The fourth-order valence-electron chi connectivity index (χ4n) is 4.41.